The predicted octanol–water partition coefficient (Wildman–Crippen LogP) is 0.334. The number of carbonyl (C=O) groups is 2. The van der Waals surface area contributed by atoms with Crippen LogP contribution in [0.25, 0.3) is 11.1 Å². The summed E-state index contributed by atoms with van der Waals surface area (Å²) in [6, 6.07) is 9.70. The number of piperazine rings is 1. The quantitative estimate of drug-likeness (QED) is 0.584. The predicted molar refractivity (Wildman–Crippen MR) is 111 cm³/mol. The first kappa shape index (κ1) is 20.5. The van der Waals surface area contributed by atoms with Crippen LogP contribution in [0.3, 0.4) is 0 Å². The third-order valence-corrected chi connectivity index (χ3v) is 6.02. The fourth-order valence-electron chi connectivity index (χ4n) is 3.45. The summed E-state index contributed by atoms with van der Waals surface area (Å²) in [6.45, 7) is 7.40. The zero-order valence-corrected chi connectivity index (χ0v) is 17.4. The van der Waals surface area contributed by atoms with Crippen LogP contribution in [-0.4, -0.2) is 58.3 Å². The van der Waals surface area contributed by atoms with Crippen molar-refractivity contribution in [1.82, 2.24) is 0 Å². The molecule has 28 heavy (non-hydrogen) atoms. The molecule has 1 fully saturated rings. The van der Waals surface area contributed by atoms with Gasteiger partial charge >= 0.3 is 5.97 Å². The minimum absolute atomic E-state index is 0.0502. The lowest BCUT2D eigenvalue weighted by Crippen LogP contribution is -3.27. The molecule has 0 saturated carbocycles. The fraction of sp³-hybridized carbons (Fsp3) is 0.429. The number of hydrogen-bond acceptors (Lipinski definition) is 4. The number of quaternary nitrogens is 2. The first-order valence-electron chi connectivity index (χ1n) is 9.87. The standard InChI is InChI=1S/C21H27N3O3S/c1-3-27-21(26)19-17(16-7-5-4-6-8-16)15-28-20(19)22-18(25)9-10-24-13-11-23(2)12-14-24/h4-8,15H,3,9-14H2,1-2H3,(H,22,25)/p+2. The van der Waals surface area contributed by atoms with Gasteiger partial charge in [-0.2, -0.15) is 0 Å². The molecule has 6 nitrogen and oxygen atoms in total. The van der Waals surface area contributed by atoms with E-state index in [2.05, 4.69) is 12.4 Å². The number of rotatable bonds is 7. The Kier molecular flexibility index (Phi) is 7.19. The highest BCUT2D eigenvalue weighted by Gasteiger charge is 2.24. The van der Waals surface area contributed by atoms with E-state index in [4.69, 9.17) is 4.74 Å². The van der Waals surface area contributed by atoms with Gasteiger partial charge in [-0.15, -0.1) is 11.3 Å². The van der Waals surface area contributed by atoms with Crippen LogP contribution in [0.4, 0.5) is 5.00 Å². The zero-order valence-electron chi connectivity index (χ0n) is 16.5. The number of esters is 1. The van der Waals surface area contributed by atoms with Gasteiger partial charge in [0.05, 0.1) is 26.6 Å². The molecule has 150 valence electrons. The second kappa shape index (κ2) is 9.82. The first-order chi connectivity index (χ1) is 13.6. The number of thiophene rings is 1. The van der Waals surface area contributed by atoms with Crippen LogP contribution in [0.2, 0.25) is 0 Å². The van der Waals surface area contributed by atoms with Crippen molar-refractivity contribution >= 4 is 28.2 Å². The monoisotopic (exact) mass is 403 g/mol. The maximum absolute atomic E-state index is 12.6. The molecule has 0 atom stereocenters. The Bertz CT molecular complexity index is 798. The van der Waals surface area contributed by atoms with Gasteiger partial charge in [0.15, 0.2) is 0 Å². The third-order valence-electron chi connectivity index (χ3n) is 5.12. The van der Waals surface area contributed by atoms with Crippen LogP contribution < -0.4 is 15.1 Å². The molecule has 2 heterocycles. The van der Waals surface area contributed by atoms with E-state index in [0.717, 1.165) is 43.9 Å². The molecule has 0 bridgehead atoms. The molecule has 0 unspecified atom stereocenters. The van der Waals surface area contributed by atoms with E-state index in [1.165, 1.54) is 16.2 Å². The topological polar surface area (TPSA) is 64.3 Å². The molecule has 1 saturated heterocycles. The SMILES string of the molecule is CCOC(=O)c1c(-c2ccccc2)csc1NC(=O)CC[NH+]1CC[NH+](C)CC1. The van der Waals surface area contributed by atoms with Crippen molar-refractivity contribution in [2.75, 3.05) is 51.7 Å². The molecule has 1 aromatic carbocycles. The zero-order chi connectivity index (χ0) is 19.9. The lowest BCUT2D eigenvalue weighted by Gasteiger charge is -2.27. The lowest BCUT2D eigenvalue weighted by molar-refractivity contribution is -1.00. The highest BCUT2D eigenvalue weighted by molar-refractivity contribution is 7.15. The molecule has 2 aromatic rings. The minimum Gasteiger partial charge on any atom is -0.462 e. The summed E-state index contributed by atoms with van der Waals surface area (Å²) in [5, 5.41) is 5.43. The van der Waals surface area contributed by atoms with Crippen molar-refractivity contribution in [3.63, 3.8) is 0 Å². The van der Waals surface area contributed by atoms with Crippen LogP contribution in [0.1, 0.15) is 23.7 Å². The number of carbonyl (C=O) groups excluding carboxylic acids is 2. The van der Waals surface area contributed by atoms with Gasteiger partial charge in [0.1, 0.15) is 36.7 Å². The number of anilines is 1. The molecule has 0 radical (unpaired) electrons. The Morgan fingerprint density at radius 1 is 1.14 bits per heavy atom. The first-order valence-corrected chi connectivity index (χ1v) is 10.7. The summed E-state index contributed by atoms with van der Waals surface area (Å²) >= 11 is 1.37. The van der Waals surface area contributed by atoms with Crippen molar-refractivity contribution in [2.45, 2.75) is 13.3 Å². The molecule has 7 heteroatoms. The third kappa shape index (κ3) is 5.19. The van der Waals surface area contributed by atoms with Crippen molar-refractivity contribution < 1.29 is 24.1 Å². The molecule has 1 amide bonds. The number of hydrogen-bond donors (Lipinski definition) is 3. The lowest BCUT2D eigenvalue weighted by atomic mass is 10.0. The van der Waals surface area contributed by atoms with Gasteiger partial charge in [0.2, 0.25) is 5.91 Å². The van der Waals surface area contributed by atoms with Crippen molar-refractivity contribution in [3.05, 3.63) is 41.3 Å². The molecular formula is C21H29N3O3S+2. The van der Waals surface area contributed by atoms with Gasteiger partial charge in [0, 0.05) is 10.9 Å². The Morgan fingerprint density at radius 2 is 1.86 bits per heavy atom. The number of likely N-dealkylation sites (N-methyl/N-ethyl adjacent to an activating group) is 1. The highest BCUT2D eigenvalue weighted by atomic mass is 32.1. The van der Waals surface area contributed by atoms with E-state index >= 15 is 0 Å². The molecule has 3 rings (SSSR count). The molecule has 3 N–H and O–H groups in total. The molecule has 0 spiro atoms. The van der Waals surface area contributed by atoms with E-state index in [1.807, 2.05) is 35.7 Å². The average molecular weight is 404 g/mol. The normalized spacial score (nSPS) is 19.2. The molecule has 0 aliphatic carbocycles. The van der Waals surface area contributed by atoms with Crippen LogP contribution in [0, 0.1) is 0 Å². The van der Waals surface area contributed by atoms with Crippen molar-refractivity contribution in [3.8, 4) is 11.1 Å². The Balaban J connectivity index is 1.69. The smallest absolute Gasteiger partial charge is 0.341 e. The van der Waals surface area contributed by atoms with Crippen LogP contribution in [-0.2, 0) is 9.53 Å². The van der Waals surface area contributed by atoms with Gasteiger partial charge in [-0.3, -0.25) is 4.79 Å². The number of nitrogens with one attached hydrogen (secondary N) is 3. The van der Waals surface area contributed by atoms with Crippen molar-refractivity contribution in [2.24, 2.45) is 0 Å². The summed E-state index contributed by atoms with van der Waals surface area (Å²) < 4.78 is 5.25. The van der Waals surface area contributed by atoms with Gasteiger partial charge in [0.25, 0.3) is 0 Å². The molecule has 1 aromatic heterocycles. The summed E-state index contributed by atoms with van der Waals surface area (Å²) in [4.78, 5) is 28.1. The summed E-state index contributed by atoms with van der Waals surface area (Å²) in [5.41, 5.74) is 2.18. The fourth-order valence-corrected chi connectivity index (χ4v) is 4.42. The van der Waals surface area contributed by atoms with E-state index in [-0.39, 0.29) is 5.91 Å². The van der Waals surface area contributed by atoms with Crippen LogP contribution >= 0.6 is 11.3 Å². The van der Waals surface area contributed by atoms with Gasteiger partial charge in [-0.1, -0.05) is 30.3 Å². The van der Waals surface area contributed by atoms with E-state index < -0.39 is 5.97 Å². The summed E-state index contributed by atoms with van der Waals surface area (Å²) in [5.74, 6) is -0.448. The largest absolute Gasteiger partial charge is 0.462 e. The maximum atomic E-state index is 12.6. The Labute approximate surface area is 170 Å². The summed E-state index contributed by atoms with van der Waals surface area (Å²) in [7, 11) is 2.21. The maximum Gasteiger partial charge on any atom is 0.341 e. The van der Waals surface area contributed by atoms with E-state index in [1.54, 1.807) is 11.8 Å². The number of ether oxygens (including phenoxy) is 1. The van der Waals surface area contributed by atoms with Crippen LogP contribution in [0.5, 0.6) is 0 Å². The second-order valence-corrected chi connectivity index (χ2v) is 8.07. The van der Waals surface area contributed by atoms with E-state index in [0.29, 0.717) is 23.6 Å². The Hall–Kier alpha value is -2.22. The Morgan fingerprint density at radius 3 is 2.54 bits per heavy atom. The van der Waals surface area contributed by atoms with Crippen molar-refractivity contribution in [1.29, 1.82) is 0 Å². The highest BCUT2D eigenvalue weighted by Crippen LogP contribution is 2.36. The molecule has 1 aliphatic heterocycles. The number of amides is 1. The molecular weight excluding hydrogens is 374 g/mol. The van der Waals surface area contributed by atoms with Gasteiger partial charge in [-0.05, 0) is 12.5 Å². The summed E-state index contributed by atoms with van der Waals surface area (Å²) in [6.07, 6.45) is 0.454. The van der Waals surface area contributed by atoms with Crippen LogP contribution in [0.15, 0.2) is 35.7 Å². The van der Waals surface area contributed by atoms with Gasteiger partial charge < -0.3 is 19.9 Å². The molecule has 1 aliphatic rings. The number of benzene rings is 1. The second-order valence-electron chi connectivity index (χ2n) is 7.20. The van der Waals surface area contributed by atoms with E-state index in [9.17, 15) is 9.59 Å². The minimum atomic E-state index is -0.398. The van der Waals surface area contributed by atoms with Gasteiger partial charge in [-0.25, -0.2) is 4.79 Å². The average Bonchev–Trinajstić information content (AvgIpc) is 3.12.